The third-order valence-electron chi connectivity index (χ3n) is 3.00. The summed E-state index contributed by atoms with van der Waals surface area (Å²) in [4.78, 5) is 10.8. The minimum atomic E-state index is -1.02. The molecule has 0 amide bonds. The second kappa shape index (κ2) is 6.50. The van der Waals surface area contributed by atoms with Gasteiger partial charge in [0.05, 0.1) is 17.7 Å². The van der Waals surface area contributed by atoms with Gasteiger partial charge >= 0.3 is 5.97 Å². The van der Waals surface area contributed by atoms with Crippen LogP contribution in [0.3, 0.4) is 0 Å². The fourth-order valence-electron chi connectivity index (χ4n) is 1.93. The molecule has 2 rings (SSSR count). The van der Waals surface area contributed by atoms with Crippen LogP contribution in [0.5, 0.6) is 11.5 Å². The quantitative estimate of drug-likeness (QED) is 0.909. The number of hydrogen-bond acceptors (Lipinski definition) is 3. The lowest BCUT2D eigenvalue weighted by atomic mass is 10.1. The largest absolute Gasteiger partial charge is 0.496 e. The molecule has 0 unspecified atom stereocenters. The number of rotatable bonds is 5. The number of ether oxygens (including phenoxy) is 2. The minimum Gasteiger partial charge on any atom is -0.496 e. The van der Waals surface area contributed by atoms with Gasteiger partial charge in [-0.15, -0.1) is 0 Å². The van der Waals surface area contributed by atoms with Crippen molar-refractivity contribution in [3.8, 4) is 11.5 Å². The third-order valence-corrected chi connectivity index (χ3v) is 3.29. The first kappa shape index (κ1) is 15.2. The number of halogens is 1. The fraction of sp³-hybridized carbons (Fsp3) is 0.188. The van der Waals surface area contributed by atoms with Crippen molar-refractivity contribution in [1.29, 1.82) is 0 Å². The average Bonchev–Trinajstić information content (AvgIpc) is 2.46. The lowest BCUT2D eigenvalue weighted by Crippen LogP contribution is -2.01. The fourth-order valence-corrected chi connectivity index (χ4v) is 2.16. The molecule has 2 aromatic rings. The maximum atomic E-state index is 10.8. The molecular weight excluding hydrogens is 292 g/mol. The van der Waals surface area contributed by atoms with Gasteiger partial charge in [-0.05, 0) is 37.3 Å². The van der Waals surface area contributed by atoms with Crippen LogP contribution in [-0.2, 0) is 6.61 Å². The first-order valence-corrected chi connectivity index (χ1v) is 6.68. The molecule has 0 bridgehead atoms. The number of carbonyl (C=O) groups is 1. The summed E-state index contributed by atoms with van der Waals surface area (Å²) in [6.45, 7) is 2.27. The normalized spacial score (nSPS) is 10.2. The third kappa shape index (κ3) is 3.67. The minimum absolute atomic E-state index is 0.125. The van der Waals surface area contributed by atoms with E-state index in [1.54, 1.807) is 13.2 Å². The zero-order valence-corrected chi connectivity index (χ0v) is 12.5. The Morgan fingerprint density at radius 2 is 1.90 bits per heavy atom. The van der Waals surface area contributed by atoms with Crippen molar-refractivity contribution >= 4 is 17.6 Å². The Bertz CT molecular complexity index is 667. The van der Waals surface area contributed by atoms with Crippen LogP contribution < -0.4 is 9.47 Å². The van der Waals surface area contributed by atoms with Crippen LogP contribution in [0.25, 0.3) is 0 Å². The molecule has 110 valence electrons. The summed E-state index contributed by atoms with van der Waals surface area (Å²) >= 11 is 6.03. The molecule has 0 radical (unpaired) electrons. The molecular formula is C16H15ClO4. The van der Waals surface area contributed by atoms with Gasteiger partial charge in [0, 0.05) is 5.56 Å². The molecule has 4 nitrogen and oxygen atoms in total. The number of aromatic carboxylic acids is 1. The molecule has 21 heavy (non-hydrogen) atoms. The van der Waals surface area contributed by atoms with E-state index in [2.05, 4.69) is 0 Å². The van der Waals surface area contributed by atoms with Crippen LogP contribution in [0.1, 0.15) is 21.5 Å². The predicted octanol–water partition coefficient (Wildman–Crippen LogP) is 3.93. The molecule has 0 spiro atoms. The van der Waals surface area contributed by atoms with Crippen molar-refractivity contribution < 1.29 is 19.4 Å². The van der Waals surface area contributed by atoms with Crippen molar-refractivity contribution in [2.24, 2.45) is 0 Å². The first-order valence-electron chi connectivity index (χ1n) is 6.30. The zero-order valence-electron chi connectivity index (χ0n) is 11.7. The molecule has 0 aliphatic rings. The number of hydrogen-bond donors (Lipinski definition) is 1. The highest BCUT2D eigenvalue weighted by Gasteiger charge is 2.09. The molecule has 2 aromatic carbocycles. The van der Waals surface area contributed by atoms with Crippen LogP contribution in [0.2, 0.25) is 5.02 Å². The average molecular weight is 307 g/mol. The highest BCUT2D eigenvalue weighted by molar-refractivity contribution is 6.32. The summed E-state index contributed by atoms with van der Waals surface area (Å²) in [5.41, 5.74) is 2.12. The van der Waals surface area contributed by atoms with E-state index in [4.69, 9.17) is 26.2 Å². The zero-order chi connectivity index (χ0) is 15.4. The Labute approximate surface area is 127 Å². The van der Waals surface area contributed by atoms with Crippen LogP contribution in [0.15, 0.2) is 36.4 Å². The lowest BCUT2D eigenvalue weighted by Gasteiger charge is -2.12. The number of carboxylic acid groups (broad SMARTS) is 1. The van der Waals surface area contributed by atoms with E-state index in [-0.39, 0.29) is 17.2 Å². The van der Waals surface area contributed by atoms with E-state index in [1.165, 1.54) is 12.1 Å². The lowest BCUT2D eigenvalue weighted by molar-refractivity contribution is 0.0697. The van der Waals surface area contributed by atoms with Crippen LogP contribution in [0, 0.1) is 6.92 Å². The summed E-state index contributed by atoms with van der Waals surface area (Å²) in [6.07, 6.45) is 0. The molecule has 0 fully saturated rings. The van der Waals surface area contributed by atoms with Crippen molar-refractivity contribution in [3.63, 3.8) is 0 Å². The van der Waals surface area contributed by atoms with Gasteiger partial charge in [0.2, 0.25) is 0 Å². The van der Waals surface area contributed by atoms with E-state index in [1.807, 2.05) is 25.1 Å². The van der Waals surface area contributed by atoms with Crippen molar-refractivity contribution in [2.75, 3.05) is 7.11 Å². The van der Waals surface area contributed by atoms with E-state index in [0.717, 1.165) is 16.9 Å². The second-order valence-electron chi connectivity index (χ2n) is 4.55. The Kier molecular flexibility index (Phi) is 4.70. The first-order chi connectivity index (χ1) is 10.0. The van der Waals surface area contributed by atoms with Gasteiger partial charge in [-0.25, -0.2) is 4.79 Å². The molecule has 0 aromatic heterocycles. The Morgan fingerprint density at radius 3 is 2.52 bits per heavy atom. The van der Waals surface area contributed by atoms with Crippen LogP contribution >= 0.6 is 11.6 Å². The van der Waals surface area contributed by atoms with E-state index >= 15 is 0 Å². The number of methoxy groups -OCH3 is 1. The summed E-state index contributed by atoms with van der Waals surface area (Å²) in [6, 6.07) is 10.2. The second-order valence-corrected chi connectivity index (χ2v) is 4.96. The standard InChI is InChI=1S/C16H15ClO4/c1-10-3-5-14(20-2)12(7-10)9-21-15-6-4-11(16(18)19)8-13(15)17/h3-8H,9H2,1-2H3,(H,18,19). The van der Waals surface area contributed by atoms with Gasteiger partial charge < -0.3 is 14.6 Å². The Morgan fingerprint density at radius 1 is 1.19 bits per heavy atom. The summed E-state index contributed by atoms with van der Waals surface area (Å²) in [5.74, 6) is 0.146. The van der Waals surface area contributed by atoms with E-state index in [9.17, 15) is 4.79 Å². The van der Waals surface area contributed by atoms with Gasteiger partial charge in [-0.1, -0.05) is 23.2 Å². The smallest absolute Gasteiger partial charge is 0.335 e. The molecule has 5 heteroatoms. The molecule has 0 atom stereocenters. The van der Waals surface area contributed by atoms with Gasteiger partial charge in [0.15, 0.2) is 0 Å². The maximum absolute atomic E-state index is 10.8. The number of carboxylic acids is 1. The summed E-state index contributed by atoms with van der Waals surface area (Å²) in [7, 11) is 1.60. The highest BCUT2D eigenvalue weighted by atomic mass is 35.5. The molecule has 0 saturated heterocycles. The van der Waals surface area contributed by atoms with Gasteiger partial charge in [0.25, 0.3) is 0 Å². The summed E-state index contributed by atoms with van der Waals surface area (Å²) in [5, 5.41) is 9.16. The molecule has 1 N–H and O–H groups in total. The van der Waals surface area contributed by atoms with E-state index in [0.29, 0.717) is 5.75 Å². The topological polar surface area (TPSA) is 55.8 Å². The van der Waals surface area contributed by atoms with Gasteiger partial charge in [-0.3, -0.25) is 0 Å². The van der Waals surface area contributed by atoms with Crippen molar-refractivity contribution in [1.82, 2.24) is 0 Å². The summed E-state index contributed by atoms with van der Waals surface area (Å²) < 4.78 is 10.9. The number of aryl methyl sites for hydroxylation is 1. The number of benzene rings is 2. The monoisotopic (exact) mass is 306 g/mol. The highest BCUT2D eigenvalue weighted by Crippen LogP contribution is 2.28. The maximum Gasteiger partial charge on any atom is 0.335 e. The molecule has 0 aliphatic carbocycles. The van der Waals surface area contributed by atoms with Crippen molar-refractivity contribution in [2.45, 2.75) is 13.5 Å². The van der Waals surface area contributed by atoms with Crippen LogP contribution in [-0.4, -0.2) is 18.2 Å². The van der Waals surface area contributed by atoms with E-state index < -0.39 is 5.97 Å². The van der Waals surface area contributed by atoms with Crippen LogP contribution in [0.4, 0.5) is 0 Å². The molecule has 0 saturated carbocycles. The molecule has 0 aliphatic heterocycles. The Balaban J connectivity index is 2.17. The molecule has 0 heterocycles. The predicted molar refractivity (Wildman–Crippen MR) is 80.5 cm³/mol. The van der Waals surface area contributed by atoms with Crippen molar-refractivity contribution in [3.05, 3.63) is 58.1 Å². The SMILES string of the molecule is COc1ccc(C)cc1COc1ccc(C(=O)O)cc1Cl. The van der Waals surface area contributed by atoms with Gasteiger partial charge in [-0.2, -0.15) is 0 Å². The van der Waals surface area contributed by atoms with Gasteiger partial charge in [0.1, 0.15) is 18.1 Å². The Hall–Kier alpha value is -2.20.